The lowest BCUT2D eigenvalue weighted by molar-refractivity contribution is -0.385. The molecule has 1 fully saturated rings. The Bertz CT molecular complexity index is 479. The van der Waals surface area contributed by atoms with Crippen molar-refractivity contribution in [2.45, 2.75) is 32.2 Å². The molecule has 1 saturated heterocycles. The Kier molecular flexibility index (Phi) is 4.79. The molecule has 6 heteroatoms. The van der Waals surface area contributed by atoms with Gasteiger partial charge in [0.2, 0.25) is 0 Å². The van der Waals surface area contributed by atoms with Crippen LogP contribution < -0.4 is 15.4 Å². The van der Waals surface area contributed by atoms with E-state index in [1.807, 2.05) is 6.92 Å². The quantitative estimate of drug-likeness (QED) is 0.660. The monoisotopic (exact) mass is 279 g/mol. The van der Waals surface area contributed by atoms with Crippen molar-refractivity contribution in [3.8, 4) is 5.75 Å². The highest BCUT2D eigenvalue weighted by atomic mass is 16.6. The topological polar surface area (TPSA) is 81.6 Å². The second kappa shape index (κ2) is 6.56. The lowest BCUT2D eigenvalue weighted by Crippen LogP contribution is -2.44. The molecule has 1 aromatic rings. The van der Waals surface area contributed by atoms with Crippen LogP contribution in [0.15, 0.2) is 18.2 Å². The molecule has 2 rings (SSSR count). The normalized spacial score (nSPS) is 18.9. The van der Waals surface area contributed by atoms with Gasteiger partial charge in [-0.2, -0.15) is 0 Å². The van der Waals surface area contributed by atoms with Crippen molar-refractivity contribution in [3.63, 3.8) is 0 Å². The predicted molar refractivity (Wildman–Crippen MR) is 78.3 cm³/mol. The van der Waals surface area contributed by atoms with Crippen LogP contribution in [-0.4, -0.2) is 30.7 Å². The Labute approximate surface area is 118 Å². The van der Waals surface area contributed by atoms with Crippen LogP contribution in [0.5, 0.6) is 5.75 Å². The van der Waals surface area contributed by atoms with Gasteiger partial charge in [-0.15, -0.1) is 0 Å². The van der Waals surface area contributed by atoms with Crippen molar-refractivity contribution in [1.29, 1.82) is 0 Å². The summed E-state index contributed by atoms with van der Waals surface area (Å²) in [6.07, 6.45) is 3.37. The Balaban J connectivity index is 2.31. The fraction of sp³-hybridized carbons (Fsp3) is 0.571. The van der Waals surface area contributed by atoms with Gasteiger partial charge in [-0.3, -0.25) is 10.1 Å². The third-order valence-corrected chi connectivity index (χ3v) is 3.67. The van der Waals surface area contributed by atoms with Crippen molar-refractivity contribution < 1.29 is 9.66 Å². The van der Waals surface area contributed by atoms with Crippen LogP contribution in [0.3, 0.4) is 0 Å². The maximum Gasteiger partial charge on any atom is 0.311 e. The lowest BCUT2D eigenvalue weighted by Gasteiger charge is -2.37. The highest BCUT2D eigenvalue weighted by Crippen LogP contribution is 2.34. The number of rotatable bonds is 5. The van der Waals surface area contributed by atoms with Crippen LogP contribution in [0.4, 0.5) is 11.4 Å². The third-order valence-electron chi connectivity index (χ3n) is 3.67. The van der Waals surface area contributed by atoms with Crippen LogP contribution in [0.2, 0.25) is 0 Å². The minimum Gasteiger partial charge on any atom is -0.487 e. The number of nitrogens with two attached hydrogens (primary N) is 1. The molecule has 0 aliphatic carbocycles. The van der Waals surface area contributed by atoms with Gasteiger partial charge in [0.15, 0.2) is 5.75 Å². The number of nitrogens with zero attached hydrogens (tertiary/aromatic N) is 2. The minimum absolute atomic E-state index is 0.0110. The van der Waals surface area contributed by atoms with E-state index in [4.69, 9.17) is 10.5 Å². The first-order valence-corrected chi connectivity index (χ1v) is 7.05. The molecule has 110 valence electrons. The van der Waals surface area contributed by atoms with Crippen LogP contribution in [0.1, 0.15) is 26.2 Å². The van der Waals surface area contributed by atoms with Gasteiger partial charge < -0.3 is 15.4 Å². The van der Waals surface area contributed by atoms with Crippen molar-refractivity contribution in [1.82, 2.24) is 0 Å². The molecular weight excluding hydrogens is 258 g/mol. The number of ether oxygens (including phenoxy) is 1. The SMILES string of the molecule is CCOc1cc(N2CCCCC2CN)ccc1[N+](=O)[O-]. The maximum absolute atomic E-state index is 11.0. The molecule has 0 spiro atoms. The van der Waals surface area contributed by atoms with Crippen LogP contribution >= 0.6 is 0 Å². The second-order valence-electron chi connectivity index (χ2n) is 4.92. The predicted octanol–water partition coefficient (Wildman–Crippen LogP) is 2.31. The van der Waals surface area contributed by atoms with Gasteiger partial charge in [0.05, 0.1) is 11.5 Å². The van der Waals surface area contributed by atoms with Crippen molar-refractivity contribution in [2.75, 3.05) is 24.6 Å². The summed E-state index contributed by atoms with van der Waals surface area (Å²) in [5, 5.41) is 11.0. The highest BCUT2D eigenvalue weighted by Gasteiger charge is 2.24. The zero-order valence-corrected chi connectivity index (χ0v) is 11.7. The molecule has 1 atom stereocenters. The fourth-order valence-corrected chi connectivity index (χ4v) is 2.69. The second-order valence-corrected chi connectivity index (χ2v) is 4.92. The van der Waals surface area contributed by atoms with Gasteiger partial charge in [0, 0.05) is 37.0 Å². The average Bonchev–Trinajstić information content (AvgIpc) is 2.47. The Hall–Kier alpha value is -1.82. The number of piperidine rings is 1. The van der Waals surface area contributed by atoms with E-state index in [0.717, 1.165) is 25.1 Å². The molecule has 2 N–H and O–H groups in total. The summed E-state index contributed by atoms with van der Waals surface area (Å²) in [6, 6.07) is 5.37. The number of benzene rings is 1. The molecule has 1 unspecified atom stereocenters. The van der Waals surface area contributed by atoms with E-state index in [0.29, 0.717) is 24.9 Å². The van der Waals surface area contributed by atoms with Gasteiger partial charge in [-0.05, 0) is 32.3 Å². The molecule has 0 bridgehead atoms. The highest BCUT2D eigenvalue weighted by molar-refractivity contribution is 5.60. The molecule has 0 amide bonds. The summed E-state index contributed by atoms with van der Waals surface area (Å²) in [6.45, 7) is 3.76. The Morgan fingerprint density at radius 1 is 1.50 bits per heavy atom. The molecule has 1 aliphatic rings. The van der Waals surface area contributed by atoms with E-state index >= 15 is 0 Å². The minimum atomic E-state index is -0.411. The Morgan fingerprint density at radius 3 is 2.95 bits per heavy atom. The molecule has 0 radical (unpaired) electrons. The van der Waals surface area contributed by atoms with Crippen LogP contribution in [-0.2, 0) is 0 Å². The standard InChI is InChI=1S/C14H21N3O3/c1-2-20-14-9-11(6-7-13(14)17(18)19)16-8-4-3-5-12(16)10-15/h6-7,9,12H,2-5,8,10,15H2,1H3. The summed E-state index contributed by atoms with van der Waals surface area (Å²) in [7, 11) is 0. The third kappa shape index (κ3) is 3.01. The van der Waals surface area contributed by atoms with Crippen molar-refractivity contribution in [2.24, 2.45) is 5.73 Å². The number of hydrogen-bond acceptors (Lipinski definition) is 5. The summed E-state index contributed by atoms with van der Waals surface area (Å²) in [5.74, 6) is 0.330. The first kappa shape index (κ1) is 14.6. The zero-order chi connectivity index (χ0) is 14.5. The Morgan fingerprint density at radius 2 is 2.30 bits per heavy atom. The summed E-state index contributed by atoms with van der Waals surface area (Å²) in [4.78, 5) is 12.8. The average molecular weight is 279 g/mol. The zero-order valence-electron chi connectivity index (χ0n) is 11.7. The van der Waals surface area contributed by atoms with Gasteiger partial charge in [0.25, 0.3) is 0 Å². The smallest absolute Gasteiger partial charge is 0.311 e. The molecule has 1 heterocycles. The number of hydrogen-bond donors (Lipinski definition) is 1. The lowest BCUT2D eigenvalue weighted by atomic mass is 10.0. The molecule has 1 aromatic carbocycles. The van der Waals surface area contributed by atoms with Crippen molar-refractivity contribution >= 4 is 11.4 Å². The van der Waals surface area contributed by atoms with Gasteiger partial charge >= 0.3 is 5.69 Å². The summed E-state index contributed by atoms with van der Waals surface area (Å²) < 4.78 is 5.40. The molecule has 0 aromatic heterocycles. The largest absolute Gasteiger partial charge is 0.487 e. The number of anilines is 1. The van der Waals surface area contributed by atoms with E-state index in [2.05, 4.69) is 4.90 Å². The molecule has 0 saturated carbocycles. The molecular formula is C14H21N3O3. The number of nitro groups is 1. The van der Waals surface area contributed by atoms with E-state index in [1.54, 1.807) is 12.1 Å². The first-order chi connectivity index (χ1) is 9.67. The van der Waals surface area contributed by atoms with Crippen LogP contribution in [0.25, 0.3) is 0 Å². The van der Waals surface area contributed by atoms with Gasteiger partial charge in [-0.25, -0.2) is 0 Å². The van der Waals surface area contributed by atoms with E-state index in [1.165, 1.54) is 12.5 Å². The summed E-state index contributed by atoms with van der Waals surface area (Å²) in [5.41, 5.74) is 6.79. The van der Waals surface area contributed by atoms with E-state index < -0.39 is 4.92 Å². The van der Waals surface area contributed by atoms with E-state index in [-0.39, 0.29) is 5.69 Å². The molecule has 1 aliphatic heterocycles. The number of nitro benzene ring substituents is 1. The van der Waals surface area contributed by atoms with Crippen molar-refractivity contribution in [3.05, 3.63) is 28.3 Å². The summed E-state index contributed by atoms with van der Waals surface area (Å²) >= 11 is 0. The van der Waals surface area contributed by atoms with Gasteiger partial charge in [-0.1, -0.05) is 0 Å². The maximum atomic E-state index is 11.0. The first-order valence-electron chi connectivity index (χ1n) is 7.05. The molecule has 6 nitrogen and oxygen atoms in total. The van der Waals surface area contributed by atoms with Gasteiger partial charge in [0.1, 0.15) is 0 Å². The fourth-order valence-electron chi connectivity index (χ4n) is 2.69. The van der Waals surface area contributed by atoms with Crippen LogP contribution in [0, 0.1) is 10.1 Å². The van der Waals surface area contributed by atoms with E-state index in [9.17, 15) is 10.1 Å². The molecule has 20 heavy (non-hydrogen) atoms.